The minimum atomic E-state index is -0.0492. The quantitative estimate of drug-likeness (QED) is 0.626. The van der Waals surface area contributed by atoms with Crippen molar-refractivity contribution in [1.82, 2.24) is 14.8 Å². The van der Waals surface area contributed by atoms with Gasteiger partial charge in [0.2, 0.25) is 0 Å². The van der Waals surface area contributed by atoms with Gasteiger partial charge in [-0.2, -0.15) is 5.10 Å². The molecule has 0 atom stereocenters. The Kier molecular flexibility index (Phi) is 3.50. The summed E-state index contributed by atoms with van der Waals surface area (Å²) in [6, 6.07) is 18.0. The third-order valence-electron chi connectivity index (χ3n) is 4.27. The Hall–Kier alpha value is -3.14. The normalized spacial score (nSPS) is 11.0. The van der Waals surface area contributed by atoms with Crippen molar-refractivity contribution in [2.24, 2.45) is 0 Å². The molecule has 4 heteroatoms. The number of aryl methyl sites for hydroxylation is 1. The first-order valence-corrected chi connectivity index (χ1v) is 7.90. The summed E-state index contributed by atoms with van der Waals surface area (Å²) < 4.78 is 1.89. The predicted octanol–water partition coefficient (Wildman–Crippen LogP) is 3.75. The lowest BCUT2D eigenvalue weighted by Crippen LogP contribution is -2.07. The molecular formula is C20H17N3O. The van der Waals surface area contributed by atoms with Gasteiger partial charge in [0.1, 0.15) is 0 Å². The van der Waals surface area contributed by atoms with Crippen molar-refractivity contribution in [3.8, 4) is 11.3 Å². The Bertz CT molecular complexity index is 1040. The molecule has 0 fully saturated rings. The molecule has 0 amide bonds. The van der Waals surface area contributed by atoms with E-state index in [1.807, 2.05) is 54.2 Å². The van der Waals surface area contributed by atoms with E-state index in [4.69, 9.17) is 0 Å². The van der Waals surface area contributed by atoms with Gasteiger partial charge in [0.25, 0.3) is 5.56 Å². The van der Waals surface area contributed by atoms with Gasteiger partial charge in [0, 0.05) is 23.5 Å². The molecule has 2 aromatic carbocycles. The maximum Gasteiger partial charge on any atom is 0.256 e. The van der Waals surface area contributed by atoms with E-state index in [0.717, 1.165) is 34.1 Å². The van der Waals surface area contributed by atoms with E-state index in [9.17, 15) is 4.79 Å². The summed E-state index contributed by atoms with van der Waals surface area (Å²) in [5.74, 6) is 0. The lowest BCUT2D eigenvalue weighted by Gasteiger charge is -2.08. The monoisotopic (exact) mass is 315 g/mol. The van der Waals surface area contributed by atoms with Crippen LogP contribution >= 0.6 is 0 Å². The number of hydrogen-bond acceptors (Lipinski definition) is 2. The fourth-order valence-electron chi connectivity index (χ4n) is 2.97. The molecule has 0 saturated carbocycles. The van der Waals surface area contributed by atoms with Crippen molar-refractivity contribution in [3.63, 3.8) is 0 Å². The second-order valence-corrected chi connectivity index (χ2v) is 5.95. The minimum absolute atomic E-state index is 0.0492. The number of nitrogens with one attached hydrogen (secondary N) is 1. The third kappa shape index (κ3) is 2.63. The van der Waals surface area contributed by atoms with Gasteiger partial charge in [-0.3, -0.25) is 9.48 Å². The Morgan fingerprint density at radius 1 is 1.04 bits per heavy atom. The largest absolute Gasteiger partial charge is 0.321 e. The van der Waals surface area contributed by atoms with Crippen molar-refractivity contribution in [1.29, 1.82) is 0 Å². The number of hydrogen-bond donors (Lipinski definition) is 1. The predicted molar refractivity (Wildman–Crippen MR) is 96.1 cm³/mol. The van der Waals surface area contributed by atoms with Crippen LogP contribution in [0.5, 0.6) is 0 Å². The molecule has 0 saturated heterocycles. The van der Waals surface area contributed by atoms with E-state index >= 15 is 0 Å². The molecule has 24 heavy (non-hydrogen) atoms. The minimum Gasteiger partial charge on any atom is -0.321 e. The molecule has 118 valence electrons. The lowest BCUT2D eigenvalue weighted by atomic mass is 10.0. The molecule has 0 bridgehead atoms. The van der Waals surface area contributed by atoms with E-state index < -0.39 is 0 Å². The average Bonchev–Trinajstić information content (AvgIpc) is 3.09. The van der Waals surface area contributed by atoms with Crippen LogP contribution in [0.15, 0.2) is 71.8 Å². The number of rotatable bonds is 3. The van der Waals surface area contributed by atoms with Gasteiger partial charge in [-0.25, -0.2) is 0 Å². The fourth-order valence-corrected chi connectivity index (χ4v) is 2.97. The van der Waals surface area contributed by atoms with Crippen molar-refractivity contribution in [3.05, 3.63) is 88.5 Å². The zero-order chi connectivity index (χ0) is 16.5. The first-order valence-electron chi connectivity index (χ1n) is 7.90. The van der Waals surface area contributed by atoms with Gasteiger partial charge in [-0.1, -0.05) is 36.4 Å². The van der Waals surface area contributed by atoms with Crippen LogP contribution in [-0.2, 0) is 6.54 Å². The van der Waals surface area contributed by atoms with Crippen molar-refractivity contribution < 1.29 is 0 Å². The molecule has 0 aliphatic rings. The summed E-state index contributed by atoms with van der Waals surface area (Å²) in [5, 5.41) is 5.94. The Morgan fingerprint density at radius 3 is 2.62 bits per heavy atom. The highest BCUT2D eigenvalue weighted by molar-refractivity contribution is 5.87. The van der Waals surface area contributed by atoms with Crippen LogP contribution in [0.3, 0.4) is 0 Å². The lowest BCUT2D eigenvalue weighted by molar-refractivity contribution is 0.687. The summed E-state index contributed by atoms with van der Waals surface area (Å²) in [7, 11) is 0. The number of aromatic nitrogens is 3. The van der Waals surface area contributed by atoms with Crippen LogP contribution in [0.2, 0.25) is 0 Å². The third-order valence-corrected chi connectivity index (χ3v) is 4.27. The van der Waals surface area contributed by atoms with Crippen LogP contribution in [0.25, 0.3) is 22.0 Å². The molecule has 4 nitrogen and oxygen atoms in total. The summed E-state index contributed by atoms with van der Waals surface area (Å²) in [5.41, 5.74) is 4.07. The highest BCUT2D eigenvalue weighted by Gasteiger charge is 2.06. The molecule has 0 aliphatic carbocycles. The zero-order valence-corrected chi connectivity index (χ0v) is 13.4. The number of nitrogens with zero attached hydrogens (tertiary/aromatic N) is 2. The van der Waals surface area contributed by atoms with Crippen LogP contribution in [0, 0.1) is 6.92 Å². The first-order chi connectivity index (χ1) is 11.7. The van der Waals surface area contributed by atoms with Gasteiger partial charge in [0.15, 0.2) is 0 Å². The number of H-pyrrole nitrogens is 1. The number of aromatic amines is 1. The van der Waals surface area contributed by atoms with E-state index in [1.54, 1.807) is 6.20 Å². The molecule has 2 aromatic heterocycles. The van der Waals surface area contributed by atoms with Crippen LogP contribution in [-0.4, -0.2) is 14.8 Å². The van der Waals surface area contributed by atoms with Gasteiger partial charge >= 0.3 is 0 Å². The average molecular weight is 315 g/mol. The van der Waals surface area contributed by atoms with Crippen LogP contribution in [0.1, 0.15) is 11.1 Å². The zero-order valence-electron chi connectivity index (χ0n) is 13.4. The summed E-state index contributed by atoms with van der Waals surface area (Å²) in [6.45, 7) is 2.76. The second-order valence-electron chi connectivity index (χ2n) is 5.95. The van der Waals surface area contributed by atoms with Crippen molar-refractivity contribution in [2.75, 3.05) is 0 Å². The van der Waals surface area contributed by atoms with Crippen molar-refractivity contribution in [2.45, 2.75) is 13.5 Å². The second kappa shape index (κ2) is 5.81. The molecule has 0 unspecified atom stereocenters. The molecule has 2 heterocycles. The summed E-state index contributed by atoms with van der Waals surface area (Å²) in [6.07, 6.45) is 3.72. The number of benzene rings is 2. The van der Waals surface area contributed by atoms with Crippen LogP contribution < -0.4 is 5.56 Å². The Morgan fingerprint density at radius 2 is 1.88 bits per heavy atom. The Balaban J connectivity index is 1.72. The maximum atomic E-state index is 12.3. The molecule has 4 aromatic rings. The van der Waals surface area contributed by atoms with Crippen molar-refractivity contribution >= 4 is 10.8 Å². The molecule has 1 N–H and O–H groups in total. The summed E-state index contributed by atoms with van der Waals surface area (Å²) >= 11 is 0. The maximum absolute atomic E-state index is 12.3. The summed E-state index contributed by atoms with van der Waals surface area (Å²) in [4.78, 5) is 15.3. The van der Waals surface area contributed by atoms with E-state index in [-0.39, 0.29) is 5.56 Å². The van der Waals surface area contributed by atoms with Gasteiger partial charge in [0.05, 0.1) is 6.54 Å². The standard InChI is InChI=1S/C20H17N3O/c1-14-4-2-5-17-18(14)12-19(22-20(17)24)16-8-6-15(7-9-16)13-23-11-3-10-21-23/h2-12H,13H2,1H3,(H,22,24). The van der Waals surface area contributed by atoms with Gasteiger partial charge < -0.3 is 4.98 Å². The van der Waals surface area contributed by atoms with E-state index in [1.165, 1.54) is 5.56 Å². The highest BCUT2D eigenvalue weighted by atomic mass is 16.1. The van der Waals surface area contributed by atoms with Crippen LogP contribution in [0.4, 0.5) is 0 Å². The fraction of sp³-hybridized carbons (Fsp3) is 0.100. The first kappa shape index (κ1) is 14.5. The molecular weight excluding hydrogens is 298 g/mol. The molecule has 4 rings (SSSR count). The Labute approximate surface area is 139 Å². The molecule has 0 aliphatic heterocycles. The topological polar surface area (TPSA) is 50.7 Å². The molecule has 0 radical (unpaired) electrons. The SMILES string of the molecule is Cc1cccc2c(=O)[nH]c(-c3ccc(Cn4cccn4)cc3)cc12. The number of pyridine rings is 1. The smallest absolute Gasteiger partial charge is 0.256 e. The highest BCUT2D eigenvalue weighted by Crippen LogP contribution is 2.22. The van der Waals surface area contributed by atoms with E-state index in [2.05, 4.69) is 28.3 Å². The van der Waals surface area contributed by atoms with Gasteiger partial charge in [-0.15, -0.1) is 0 Å². The number of fused-ring (bicyclic) bond motifs is 1. The molecule has 0 spiro atoms. The van der Waals surface area contributed by atoms with E-state index in [0.29, 0.717) is 0 Å². The van der Waals surface area contributed by atoms with Gasteiger partial charge in [-0.05, 0) is 47.2 Å².